The second kappa shape index (κ2) is 9.22. The summed E-state index contributed by atoms with van der Waals surface area (Å²) >= 11 is 2.80. The molecule has 1 aromatic carbocycles. The van der Waals surface area contributed by atoms with Crippen molar-refractivity contribution in [2.75, 3.05) is 23.5 Å². The molecule has 1 amide bonds. The number of benzene rings is 1. The molecule has 0 fully saturated rings. The Labute approximate surface area is 143 Å². The van der Waals surface area contributed by atoms with Gasteiger partial charge in [0, 0.05) is 12.2 Å². The first-order valence-corrected chi connectivity index (χ1v) is 9.29. The first kappa shape index (κ1) is 17.4. The van der Waals surface area contributed by atoms with Gasteiger partial charge in [-0.3, -0.25) is 4.79 Å². The average Bonchev–Trinajstić information content (AvgIpc) is 3.02. The van der Waals surface area contributed by atoms with Crippen LogP contribution in [0.5, 0.6) is 0 Å². The normalized spacial score (nSPS) is 10.3. The number of hydrogen-bond donors (Lipinski definition) is 0. The Bertz CT molecular complexity index is 670. The lowest BCUT2D eigenvalue weighted by atomic mass is 10.2. The zero-order valence-electron chi connectivity index (χ0n) is 12.6. The van der Waals surface area contributed by atoms with Gasteiger partial charge in [0.15, 0.2) is 0 Å². The van der Waals surface area contributed by atoms with Gasteiger partial charge in [-0.15, -0.1) is 10.2 Å². The average molecular weight is 348 g/mol. The molecule has 0 saturated carbocycles. The molecule has 1 heterocycles. The van der Waals surface area contributed by atoms with Crippen molar-refractivity contribution in [3.63, 3.8) is 0 Å². The molecule has 6 nitrogen and oxygen atoms in total. The highest BCUT2D eigenvalue weighted by atomic mass is 32.2. The van der Waals surface area contributed by atoms with Gasteiger partial charge < -0.3 is 9.32 Å². The summed E-state index contributed by atoms with van der Waals surface area (Å²) < 4.78 is 5.44. The molecule has 2 aromatic rings. The number of nitriles is 1. The van der Waals surface area contributed by atoms with E-state index in [0.29, 0.717) is 23.4 Å². The van der Waals surface area contributed by atoms with Gasteiger partial charge in [-0.1, -0.05) is 30.0 Å². The van der Waals surface area contributed by atoms with Crippen molar-refractivity contribution in [3.05, 3.63) is 36.2 Å². The van der Waals surface area contributed by atoms with E-state index >= 15 is 0 Å². The number of amides is 1. The van der Waals surface area contributed by atoms with Crippen LogP contribution in [0, 0.1) is 11.3 Å². The molecular formula is C15H16N4O2S2. The molecule has 0 aliphatic heterocycles. The quantitative estimate of drug-likeness (QED) is 0.678. The van der Waals surface area contributed by atoms with Crippen molar-refractivity contribution in [2.45, 2.75) is 17.4 Å². The molecule has 1 aromatic heterocycles. The standard InChI is InChI=1S/C15H16N4O2S2/c1-22-10-13-17-18-15(21-13)23-11-14(20)19(9-5-8-16)12-6-3-2-4-7-12/h2-4,6-7H,5,9-11H2,1H3. The SMILES string of the molecule is CSCc1nnc(SCC(=O)N(CCC#N)c2ccccc2)o1. The number of thioether (sulfide) groups is 2. The molecule has 0 aliphatic carbocycles. The van der Waals surface area contributed by atoms with E-state index in [4.69, 9.17) is 9.68 Å². The van der Waals surface area contributed by atoms with E-state index in [-0.39, 0.29) is 18.1 Å². The van der Waals surface area contributed by atoms with Crippen molar-refractivity contribution >= 4 is 35.1 Å². The summed E-state index contributed by atoms with van der Waals surface area (Å²) in [7, 11) is 0. The number of hydrogen-bond acceptors (Lipinski definition) is 7. The van der Waals surface area contributed by atoms with Gasteiger partial charge in [0.1, 0.15) is 0 Å². The predicted octanol–water partition coefficient (Wildman–Crippen LogP) is 2.97. The van der Waals surface area contributed by atoms with E-state index in [0.717, 1.165) is 5.69 Å². The van der Waals surface area contributed by atoms with Gasteiger partial charge in [0.25, 0.3) is 5.22 Å². The Morgan fingerprint density at radius 1 is 1.35 bits per heavy atom. The molecule has 23 heavy (non-hydrogen) atoms. The second-order valence-corrected chi connectivity index (χ2v) is 6.27. The van der Waals surface area contributed by atoms with Crippen LogP contribution in [0.4, 0.5) is 5.69 Å². The Hall–Kier alpha value is -1.98. The minimum atomic E-state index is -0.0962. The first-order valence-electron chi connectivity index (χ1n) is 6.91. The summed E-state index contributed by atoms with van der Waals surface area (Å²) in [5.41, 5.74) is 0.780. The third kappa shape index (κ3) is 5.30. The number of rotatable bonds is 8. The first-order chi connectivity index (χ1) is 11.2. The maximum atomic E-state index is 12.5. The van der Waals surface area contributed by atoms with Crippen LogP contribution < -0.4 is 4.90 Å². The molecule has 0 spiro atoms. The van der Waals surface area contributed by atoms with E-state index in [9.17, 15) is 4.79 Å². The van der Waals surface area contributed by atoms with E-state index in [2.05, 4.69) is 16.3 Å². The topological polar surface area (TPSA) is 83.0 Å². The Kier molecular flexibility index (Phi) is 6.97. The zero-order valence-corrected chi connectivity index (χ0v) is 14.3. The highest BCUT2D eigenvalue weighted by Gasteiger charge is 2.17. The summed E-state index contributed by atoms with van der Waals surface area (Å²) in [6.07, 6.45) is 2.23. The van der Waals surface area contributed by atoms with Crippen LogP contribution in [-0.2, 0) is 10.5 Å². The fourth-order valence-corrected chi connectivity index (χ4v) is 2.87. The number of anilines is 1. The largest absolute Gasteiger partial charge is 0.415 e. The molecule has 120 valence electrons. The second-order valence-electron chi connectivity index (χ2n) is 4.47. The lowest BCUT2D eigenvalue weighted by molar-refractivity contribution is -0.116. The molecular weight excluding hydrogens is 332 g/mol. The monoisotopic (exact) mass is 348 g/mol. The fourth-order valence-electron chi connectivity index (χ4n) is 1.85. The van der Waals surface area contributed by atoms with E-state index in [1.165, 1.54) is 11.8 Å². The van der Waals surface area contributed by atoms with E-state index in [1.807, 2.05) is 36.6 Å². The minimum absolute atomic E-state index is 0.0962. The molecule has 0 aliphatic rings. The number of carbonyl (C=O) groups is 1. The van der Waals surface area contributed by atoms with Crippen LogP contribution in [0.3, 0.4) is 0 Å². The highest BCUT2D eigenvalue weighted by Crippen LogP contribution is 2.21. The van der Waals surface area contributed by atoms with Gasteiger partial charge in [-0.05, 0) is 18.4 Å². The summed E-state index contributed by atoms with van der Waals surface area (Å²) in [5.74, 6) is 1.29. The molecule has 0 N–H and O–H groups in total. The number of carbonyl (C=O) groups excluding carboxylic acids is 1. The van der Waals surface area contributed by atoms with Gasteiger partial charge in [0.05, 0.1) is 24.0 Å². The summed E-state index contributed by atoms with van der Waals surface area (Å²) in [6, 6.07) is 11.4. The van der Waals surface area contributed by atoms with Gasteiger partial charge >= 0.3 is 0 Å². The van der Waals surface area contributed by atoms with Crippen molar-refractivity contribution in [3.8, 4) is 6.07 Å². The molecule has 0 atom stereocenters. The third-order valence-corrected chi connectivity index (χ3v) is 4.19. The van der Waals surface area contributed by atoms with Crippen molar-refractivity contribution in [1.82, 2.24) is 10.2 Å². The molecule has 8 heteroatoms. The summed E-state index contributed by atoms with van der Waals surface area (Å²) in [6.45, 7) is 0.363. The lowest BCUT2D eigenvalue weighted by Gasteiger charge is -2.21. The minimum Gasteiger partial charge on any atom is -0.415 e. The Morgan fingerprint density at radius 3 is 2.83 bits per heavy atom. The van der Waals surface area contributed by atoms with Crippen LogP contribution in [0.15, 0.2) is 40.0 Å². The van der Waals surface area contributed by atoms with Gasteiger partial charge in [-0.25, -0.2) is 0 Å². The van der Waals surface area contributed by atoms with Crippen LogP contribution in [0.25, 0.3) is 0 Å². The van der Waals surface area contributed by atoms with Crippen molar-refractivity contribution in [1.29, 1.82) is 5.26 Å². The lowest BCUT2D eigenvalue weighted by Crippen LogP contribution is -2.33. The van der Waals surface area contributed by atoms with Crippen molar-refractivity contribution in [2.24, 2.45) is 0 Å². The number of aromatic nitrogens is 2. The Morgan fingerprint density at radius 2 is 2.13 bits per heavy atom. The van der Waals surface area contributed by atoms with E-state index in [1.54, 1.807) is 16.7 Å². The number of nitrogens with zero attached hydrogens (tertiary/aromatic N) is 4. The zero-order chi connectivity index (χ0) is 16.5. The fraction of sp³-hybridized carbons (Fsp3) is 0.333. The molecule has 2 rings (SSSR count). The third-order valence-electron chi connectivity index (χ3n) is 2.85. The van der Waals surface area contributed by atoms with Crippen LogP contribution >= 0.6 is 23.5 Å². The molecule has 0 radical (unpaired) electrons. The number of para-hydroxylation sites is 1. The highest BCUT2D eigenvalue weighted by molar-refractivity contribution is 7.99. The van der Waals surface area contributed by atoms with E-state index < -0.39 is 0 Å². The van der Waals surface area contributed by atoms with Crippen LogP contribution in [-0.4, -0.2) is 34.7 Å². The molecule has 0 bridgehead atoms. The maximum absolute atomic E-state index is 12.5. The smallest absolute Gasteiger partial charge is 0.277 e. The van der Waals surface area contributed by atoms with Crippen LogP contribution in [0.1, 0.15) is 12.3 Å². The maximum Gasteiger partial charge on any atom is 0.277 e. The summed E-state index contributed by atoms with van der Waals surface area (Å²) in [5, 5.41) is 17.0. The molecule has 0 saturated heterocycles. The van der Waals surface area contributed by atoms with Crippen molar-refractivity contribution < 1.29 is 9.21 Å². The van der Waals surface area contributed by atoms with Gasteiger partial charge in [0.2, 0.25) is 11.8 Å². The summed E-state index contributed by atoms with van der Waals surface area (Å²) in [4.78, 5) is 14.1. The molecule has 0 unspecified atom stereocenters. The Balaban J connectivity index is 1.98. The van der Waals surface area contributed by atoms with Gasteiger partial charge in [-0.2, -0.15) is 17.0 Å². The predicted molar refractivity (Wildman–Crippen MR) is 91.3 cm³/mol. The van der Waals surface area contributed by atoms with Crippen LogP contribution in [0.2, 0.25) is 0 Å².